The highest BCUT2D eigenvalue weighted by Gasteiger charge is 2.24. The zero-order chi connectivity index (χ0) is 17.1. The van der Waals surface area contributed by atoms with Gasteiger partial charge in [0.1, 0.15) is 5.82 Å². The number of rotatable bonds is 5. The number of aliphatic hydroxyl groups is 1. The Labute approximate surface area is 142 Å². The zero-order valence-corrected chi connectivity index (χ0v) is 14.6. The third kappa shape index (κ3) is 3.78. The Kier molecular flexibility index (Phi) is 5.19. The second kappa shape index (κ2) is 7.34. The Morgan fingerprint density at radius 3 is 2.79 bits per heavy atom. The summed E-state index contributed by atoms with van der Waals surface area (Å²) in [6.45, 7) is 4.87. The van der Waals surface area contributed by atoms with E-state index in [1.807, 2.05) is 0 Å². The number of hydrogen-bond donors (Lipinski definition) is 3. The van der Waals surface area contributed by atoms with Crippen LogP contribution in [0.4, 0.5) is 0 Å². The van der Waals surface area contributed by atoms with Gasteiger partial charge in [-0.1, -0.05) is 6.07 Å². The van der Waals surface area contributed by atoms with Crippen molar-refractivity contribution in [1.29, 1.82) is 0 Å². The van der Waals surface area contributed by atoms with Crippen molar-refractivity contribution < 1.29 is 9.90 Å². The van der Waals surface area contributed by atoms with Gasteiger partial charge in [0.2, 0.25) is 5.91 Å². The summed E-state index contributed by atoms with van der Waals surface area (Å²) >= 11 is 0. The van der Waals surface area contributed by atoms with Crippen LogP contribution in [0.15, 0.2) is 12.1 Å². The van der Waals surface area contributed by atoms with Gasteiger partial charge >= 0.3 is 0 Å². The van der Waals surface area contributed by atoms with Crippen LogP contribution >= 0.6 is 0 Å². The number of carbonyl (C=O) groups excluding carboxylic acids is 1. The van der Waals surface area contributed by atoms with Crippen LogP contribution in [0.1, 0.15) is 49.1 Å². The van der Waals surface area contributed by atoms with Crippen molar-refractivity contribution in [2.24, 2.45) is 5.92 Å². The molecule has 0 saturated heterocycles. The Balaban J connectivity index is 1.47. The fourth-order valence-electron chi connectivity index (χ4n) is 3.43. The summed E-state index contributed by atoms with van der Waals surface area (Å²) in [5.41, 5.74) is 4.61. The van der Waals surface area contributed by atoms with Crippen molar-refractivity contribution in [3.63, 3.8) is 0 Å². The average molecular weight is 329 g/mol. The molecule has 1 saturated carbocycles. The number of aromatic nitrogens is 2. The van der Waals surface area contributed by atoms with Crippen molar-refractivity contribution in [2.75, 3.05) is 6.54 Å². The molecule has 5 heteroatoms. The van der Waals surface area contributed by atoms with E-state index in [0.717, 1.165) is 55.4 Å². The Bertz CT molecular complexity index is 715. The molecule has 0 spiro atoms. The minimum atomic E-state index is -0.214. The van der Waals surface area contributed by atoms with Crippen molar-refractivity contribution in [3.8, 4) is 0 Å². The lowest BCUT2D eigenvalue weighted by Crippen LogP contribution is -2.34. The minimum Gasteiger partial charge on any atom is -0.393 e. The number of nitrogens with zero attached hydrogens (tertiary/aromatic N) is 1. The predicted molar refractivity (Wildman–Crippen MR) is 94.9 cm³/mol. The number of imidazole rings is 1. The van der Waals surface area contributed by atoms with E-state index in [0.29, 0.717) is 6.54 Å². The number of carbonyl (C=O) groups is 1. The topological polar surface area (TPSA) is 78.0 Å². The van der Waals surface area contributed by atoms with Crippen molar-refractivity contribution in [3.05, 3.63) is 29.1 Å². The lowest BCUT2D eigenvalue weighted by atomic mass is 9.87. The smallest absolute Gasteiger partial charge is 0.223 e. The normalized spacial score (nSPS) is 21.1. The number of aliphatic hydroxyl groups excluding tert-OH is 1. The van der Waals surface area contributed by atoms with Crippen LogP contribution in [-0.4, -0.2) is 33.6 Å². The Hall–Kier alpha value is -1.88. The summed E-state index contributed by atoms with van der Waals surface area (Å²) in [6.07, 6.45) is 4.58. The predicted octanol–water partition coefficient (Wildman–Crippen LogP) is 2.78. The Morgan fingerprint density at radius 2 is 2.04 bits per heavy atom. The molecule has 1 fully saturated rings. The van der Waals surface area contributed by atoms with E-state index in [9.17, 15) is 9.90 Å². The molecule has 1 aliphatic carbocycles. The van der Waals surface area contributed by atoms with E-state index in [-0.39, 0.29) is 17.9 Å². The number of fused-ring (bicyclic) bond motifs is 1. The molecule has 0 radical (unpaired) electrons. The van der Waals surface area contributed by atoms with Crippen LogP contribution in [0.3, 0.4) is 0 Å². The SMILES string of the molecule is Cc1ccc2[nH]c(CCCNC(=O)C3CCC(O)CC3)nc2c1C. The van der Waals surface area contributed by atoms with E-state index >= 15 is 0 Å². The second-order valence-electron chi connectivity index (χ2n) is 6.99. The lowest BCUT2D eigenvalue weighted by Gasteiger charge is -2.24. The van der Waals surface area contributed by atoms with E-state index in [1.54, 1.807) is 0 Å². The third-order valence-electron chi connectivity index (χ3n) is 5.18. The molecular weight excluding hydrogens is 302 g/mol. The molecule has 0 unspecified atom stereocenters. The first-order valence-corrected chi connectivity index (χ1v) is 8.95. The molecule has 1 amide bonds. The first-order chi connectivity index (χ1) is 11.5. The van der Waals surface area contributed by atoms with Crippen LogP contribution in [0.2, 0.25) is 0 Å². The second-order valence-corrected chi connectivity index (χ2v) is 6.99. The molecule has 1 heterocycles. The van der Waals surface area contributed by atoms with Crippen LogP contribution in [-0.2, 0) is 11.2 Å². The standard InChI is InChI=1S/C19H27N3O2/c1-12-5-10-16-18(13(12)2)22-17(21-16)4-3-11-20-19(24)14-6-8-15(23)9-7-14/h5,10,14-15,23H,3-4,6-9,11H2,1-2H3,(H,20,24)(H,21,22). The summed E-state index contributed by atoms with van der Waals surface area (Å²) < 4.78 is 0. The maximum atomic E-state index is 12.1. The summed E-state index contributed by atoms with van der Waals surface area (Å²) in [6, 6.07) is 4.19. The number of aryl methyl sites for hydroxylation is 3. The molecule has 5 nitrogen and oxygen atoms in total. The largest absolute Gasteiger partial charge is 0.393 e. The molecule has 0 atom stereocenters. The van der Waals surface area contributed by atoms with Crippen LogP contribution < -0.4 is 5.32 Å². The van der Waals surface area contributed by atoms with Gasteiger partial charge in [-0.15, -0.1) is 0 Å². The van der Waals surface area contributed by atoms with Crippen molar-refractivity contribution in [2.45, 2.75) is 58.5 Å². The maximum absolute atomic E-state index is 12.1. The highest BCUT2D eigenvalue weighted by molar-refractivity contribution is 5.80. The first-order valence-electron chi connectivity index (χ1n) is 8.95. The van der Waals surface area contributed by atoms with Gasteiger partial charge in [-0.2, -0.15) is 0 Å². The molecule has 3 N–H and O–H groups in total. The van der Waals surface area contributed by atoms with Gasteiger partial charge in [0.15, 0.2) is 0 Å². The van der Waals surface area contributed by atoms with Gasteiger partial charge < -0.3 is 15.4 Å². The molecular formula is C19H27N3O2. The van der Waals surface area contributed by atoms with Crippen molar-refractivity contribution >= 4 is 16.9 Å². The van der Waals surface area contributed by atoms with Gasteiger partial charge in [0.05, 0.1) is 17.1 Å². The Morgan fingerprint density at radius 1 is 1.29 bits per heavy atom. The van der Waals surface area contributed by atoms with Gasteiger partial charge in [-0.05, 0) is 63.1 Å². The summed E-state index contributed by atoms with van der Waals surface area (Å²) in [5.74, 6) is 1.19. The number of aromatic amines is 1. The molecule has 130 valence electrons. The maximum Gasteiger partial charge on any atom is 0.223 e. The van der Waals surface area contributed by atoms with E-state index < -0.39 is 0 Å². The number of benzene rings is 1. The summed E-state index contributed by atoms with van der Waals surface area (Å²) in [7, 11) is 0. The molecule has 0 bridgehead atoms. The number of H-pyrrole nitrogens is 1. The van der Waals surface area contributed by atoms with E-state index in [4.69, 9.17) is 4.98 Å². The van der Waals surface area contributed by atoms with E-state index in [1.165, 1.54) is 11.1 Å². The molecule has 1 aromatic heterocycles. The molecule has 24 heavy (non-hydrogen) atoms. The van der Waals surface area contributed by atoms with Crippen molar-refractivity contribution in [1.82, 2.24) is 15.3 Å². The highest BCUT2D eigenvalue weighted by Crippen LogP contribution is 2.24. The van der Waals surface area contributed by atoms with Gasteiger partial charge in [0.25, 0.3) is 0 Å². The monoisotopic (exact) mass is 329 g/mol. The lowest BCUT2D eigenvalue weighted by molar-refractivity contribution is -0.126. The average Bonchev–Trinajstić information content (AvgIpc) is 2.99. The molecule has 2 aromatic rings. The molecule has 0 aliphatic heterocycles. The summed E-state index contributed by atoms with van der Waals surface area (Å²) in [4.78, 5) is 20.2. The van der Waals surface area contributed by atoms with Gasteiger partial charge in [0, 0.05) is 18.9 Å². The van der Waals surface area contributed by atoms with E-state index in [2.05, 4.69) is 36.3 Å². The first kappa shape index (κ1) is 17.0. The van der Waals surface area contributed by atoms with Gasteiger partial charge in [-0.25, -0.2) is 4.98 Å². The molecule has 1 aliphatic rings. The summed E-state index contributed by atoms with van der Waals surface area (Å²) in [5, 5.41) is 12.5. The van der Waals surface area contributed by atoms with Crippen LogP contribution in [0.25, 0.3) is 11.0 Å². The number of hydrogen-bond acceptors (Lipinski definition) is 3. The molecule has 3 rings (SSSR count). The third-order valence-corrected chi connectivity index (χ3v) is 5.18. The minimum absolute atomic E-state index is 0.0743. The molecule has 1 aromatic carbocycles. The quantitative estimate of drug-likeness (QED) is 0.738. The number of nitrogens with one attached hydrogen (secondary N) is 2. The zero-order valence-electron chi connectivity index (χ0n) is 14.6. The fraction of sp³-hybridized carbons (Fsp3) is 0.579. The van der Waals surface area contributed by atoms with Crippen LogP contribution in [0, 0.1) is 19.8 Å². The van der Waals surface area contributed by atoms with Crippen LogP contribution in [0.5, 0.6) is 0 Å². The highest BCUT2D eigenvalue weighted by atomic mass is 16.3. The fourth-order valence-corrected chi connectivity index (χ4v) is 3.43. The van der Waals surface area contributed by atoms with Gasteiger partial charge in [-0.3, -0.25) is 4.79 Å². The number of amides is 1.